The van der Waals surface area contributed by atoms with Crippen molar-refractivity contribution >= 4 is 34.9 Å². The molecular formula is C64H84N4O7S. The van der Waals surface area contributed by atoms with Gasteiger partial charge in [0.1, 0.15) is 5.75 Å². The van der Waals surface area contributed by atoms with Crippen molar-refractivity contribution in [3.8, 4) is 17.2 Å². The zero-order valence-electron chi connectivity index (χ0n) is 46.7. The van der Waals surface area contributed by atoms with E-state index in [1.54, 1.807) is 19.1 Å². The number of nitrogens with zero attached hydrogens (tertiary/aromatic N) is 4. The van der Waals surface area contributed by atoms with Gasteiger partial charge in [0, 0.05) is 53.5 Å². The second-order valence-corrected chi connectivity index (χ2v) is 24.5. The Kier molecular flexibility index (Phi) is 18.0. The number of ether oxygens (including phenoxy) is 1. The maximum Gasteiger partial charge on any atom is 0.310 e. The number of hydrogen-bond donors (Lipinski definition) is 4. The van der Waals surface area contributed by atoms with Crippen molar-refractivity contribution in [1.29, 1.82) is 0 Å². The van der Waals surface area contributed by atoms with Crippen LogP contribution in [0.15, 0.2) is 119 Å². The smallest absolute Gasteiger partial charge is 0.310 e. The molecule has 0 radical (unpaired) electrons. The minimum absolute atomic E-state index is 0.0454. The SMILES string of the molecule is CC(C)Cc1ccc(C(C)C(=O)O)cc1.CC(CN1c2ccccc2Sc2ccccc21)N(C)C.CC[C@@H](c1cccc(O)c1)[C@@H](C)CN(C)C.O=C1CC[C@@]2(O)[C@H]3Cc4ccc(O)c5c4[C@@]2(CCN3CC2CC2)[C@H]1O5. The number of phenols is 2. The van der Waals surface area contributed by atoms with Crippen LogP contribution in [0.3, 0.4) is 0 Å². The van der Waals surface area contributed by atoms with E-state index < -0.39 is 29.0 Å². The molecule has 2 bridgehead atoms. The maximum atomic E-state index is 12.7. The van der Waals surface area contributed by atoms with Gasteiger partial charge >= 0.3 is 5.97 Å². The summed E-state index contributed by atoms with van der Waals surface area (Å²) < 4.78 is 6.04. The first kappa shape index (κ1) is 56.8. The number of piperidine rings is 1. The minimum Gasteiger partial charge on any atom is -0.508 e. The molecule has 0 amide bonds. The molecule has 3 aliphatic heterocycles. The Hall–Kier alpha value is -5.37. The number of aromatic hydroxyl groups is 2. The van der Waals surface area contributed by atoms with Gasteiger partial charge in [-0.2, -0.15) is 0 Å². The summed E-state index contributed by atoms with van der Waals surface area (Å²) in [5, 5.41) is 40.7. The molecule has 5 aromatic rings. The number of Topliss-reactive ketones (excluding diaryl/α,β-unsaturated/α-hetero) is 1. The van der Waals surface area contributed by atoms with Gasteiger partial charge in [0.2, 0.25) is 0 Å². The Morgan fingerprint density at radius 2 is 1.49 bits per heavy atom. The van der Waals surface area contributed by atoms with E-state index in [2.05, 4.69) is 137 Å². The predicted octanol–water partition coefficient (Wildman–Crippen LogP) is 11.9. The van der Waals surface area contributed by atoms with E-state index in [1.807, 2.05) is 54.2 Å². The largest absolute Gasteiger partial charge is 0.508 e. The first-order valence-electron chi connectivity index (χ1n) is 27.8. The highest BCUT2D eigenvalue weighted by molar-refractivity contribution is 7.99. The van der Waals surface area contributed by atoms with Gasteiger partial charge in [-0.05, 0) is 182 Å². The zero-order valence-corrected chi connectivity index (χ0v) is 47.5. The topological polar surface area (TPSA) is 137 Å². The van der Waals surface area contributed by atoms with Crippen LogP contribution >= 0.6 is 11.8 Å². The molecule has 5 aromatic carbocycles. The summed E-state index contributed by atoms with van der Waals surface area (Å²) in [6, 6.07) is 37.1. The molecule has 3 heterocycles. The lowest BCUT2D eigenvalue weighted by Crippen LogP contribution is -2.76. The number of carboxylic acid groups (broad SMARTS) is 1. The number of aliphatic carboxylic acids is 1. The number of likely N-dealkylation sites (tertiary alicyclic amines) is 1. The number of phenolic OH excluding ortho intramolecular Hbond substituents is 2. The van der Waals surface area contributed by atoms with Crippen LogP contribution in [-0.4, -0.2) is 125 Å². The second-order valence-electron chi connectivity index (χ2n) is 23.4. The first-order chi connectivity index (χ1) is 36.3. The lowest BCUT2D eigenvalue weighted by molar-refractivity contribution is -0.188. The number of rotatable bonds is 14. The predicted molar refractivity (Wildman–Crippen MR) is 307 cm³/mol. The highest BCUT2D eigenvalue weighted by Gasteiger charge is 2.73. The van der Waals surface area contributed by atoms with Gasteiger partial charge in [-0.3, -0.25) is 14.5 Å². The van der Waals surface area contributed by atoms with Gasteiger partial charge in [0.05, 0.1) is 28.3 Å². The average Bonchev–Trinajstić information content (AvgIpc) is 4.30. The molecule has 3 fully saturated rings. The Morgan fingerprint density at radius 1 is 0.829 bits per heavy atom. The first-order valence-corrected chi connectivity index (χ1v) is 28.6. The fourth-order valence-electron chi connectivity index (χ4n) is 12.7. The molecule has 1 spiro atoms. The third-order valence-corrected chi connectivity index (χ3v) is 18.1. The van der Waals surface area contributed by atoms with Gasteiger partial charge in [-0.1, -0.05) is 106 Å². The van der Waals surface area contributed by atoms with Crippen LogP contribution < -0.4 is 9.64 Å². The van der Waals surface area contributed by atoms with Gasteiger partial charge in [-0.25, -0.2) is 0 Å². The Bertz CT molecular complexity index is 2750. The standard InChI is InChI=1S/C20H23NO4.C17H20N2S.C14H23NO.C13H18O2/c22-13-4-3-12-9-15-20(24)6-5-14(23)18-19(20,16(12)17(13)25-18)7-8-21(15)10-11-1-2-11;1-13(18(2)3)12-19-14-8-4-6-10-16(14)20-17-11-7-5-9-15(17)19;1-5-14(11(2)10-15(3)4)12-7-6-8-13(16)9-12;1-9(2)8-11-4-6-12(7-5-11)10(3)13(14)15/h3-4,11,15,18,22,24H,1-2,5-10H2;4-11,13H,12H2,1-3H3;6-9,11,14,16H,5,10H2,1-4H3;4-7,9-10H,8H2,1-3H3,(H,14,15)/t15-,18+,19+,20-;;11-,14+;/m1.0./s1. The number of ketones is 1. The molecule has 2 unspecified atom stereocenters. The monoisotopic (exact) mass is 1050 g/mol. The lowest BCUT2D eigenvalue weighted by Gasteiger charge is -2.62. The molecule has 2 saturated carbocycles. The van der Waals surface area contributed by atoms with Gasteiger partial charge in [-0.15, -0.1) is 0 Å². The number of hydrogen-bond acceptors (Lipinski definition) is 11. The van der Waals surface area contributed by atoms with Crippen LogP contribution in [0.5, 0.6) is 17.2 Å². The third-order valence-electron chi connectivity index (χ3n) is 17.0. The highest BCUT2D eigenvalue weighted by atomic mass is 32.2. The molecular weight excluding hydrogens is 969 g/mol. The third kappa shape index (κ3) is 12.0. The second kappa shape index (κ2) is 24.1. The van der Waals surface area contributed by atoms with Crippen molar-refractivity contribution < 1.29 is 34.8 Å². The molecule has 408 valence electrons. The maximum absolute atomic E-state index is 12.7. The van der Waals surface area contributed by atoms with Crippen molar-refractivity contribution in [2.75, 3.05) is 59.3 Å². The summed E-state index contributed by atoms with van der Waals surface area (Å²) in [6.45, 7) is 16.8. The van der Waals surface area contributed by atoms with Crippen molar-refractivity contribution in [2.45, 2.75) is 144 Å². The molecule has 8 atom stereocenters. The highest BCUT2D eigenvalue weighted by Crippen LogP contribution is 2.65. The van der Waals surface area contributed by atoms with E-state index in [1.165, 1.54) is 45.1 Å². The van der Waals surface area contributed by atoms with Crippen LogP contribution in [0.4, 0.5) is 11.4 Å². The number of fused-ring (bicyclic) bond motifs is 2. The van der Waals surface area contributed by atoms with Crippen LogP contribution in [-0.2, 0) is 27.8 Å². The van der Waals surface area contributed by atoms with Gasteiger partial charge < -0.3 is 39.9 Å². The lowest BCUT2D eigenvalue weighted by atomic mass is 9.49. The number of aliphatic hydroxyl groups is 1. The number of benzene rings is 5. The molecule has 0 aromatic heterocycles. The Morgan fingerprint density at radius 3 is 2.07 bits per heavy atom. The van der Waals surface area contributed by atoms with E-state index in [0.29, 0.717) is 48.1 Å². The number of carboxylic acids is 1. The number of carbonyl (C=O) groups is 2. The molecule has 3 aliphatic carbocycles. The quantitative estimate of drug-likeness (QED) is 0.0843. The molecule has 6 aliphatic rings. The normalized spacial score (nSPS) is 23.2. The summed E-state index contributed by atoms with van der Waals surface area (Å²) in [6.07, 6.45) is 6.48. The minimum atomic E-state index is -0.940. The molecule has 12 heteroatoms. The van der Waals surface area contributed by atoms with Crippen LogP contribution in [0, 0.1) is 17.8 Å². The summed E-state index contributed by atoms with van der Waals surface area (Å²) in [4.78, 5) is 35.6. The number of carbonyl (C=O) groups excluding carboxylic acids is 1. The zero-order chi connectivity index (χ0) is 54.6. The molecule has 76 heavy (non-hydrogen) atoms. The number of anilines is 2. The summed E-state index contributed by atoms with van der Waals surface area (Å²) in [5.41, 5.74) is 6.49. The van der Waals surface area contributed by atoms with Crippen LogP contribution in [0.25, 0.3) is 0 Å². The van der Waals surface area contributed by atoms with E-state index >= 15 is 0 Å². The fraction of sp³-hybridized carbons (Fsp3) is 0.500. The van der Waals surface area contributed by atoms with Crippen LogP contribution in [0.2, 0.25) is 0 Å². The summed E-state index contributed by atoms with van der Waals surface area (Å²) in [7, 11) is 8.49. The number of likely N-dealkylation sites (N-methyl/N-ethyl adjacent to an activating group) is 1. The Balaban J connectivity index is 0.000000138. The van der Waals surface area contributed by atoms with E-state index in [-0.39, 0.29) is 17.6 Å². The fourth-order valence-corrected chi connectivity index (χ4v) is 13.7. The molecule has 11 nitrogen and oxygen atoms in total. The molecule has 4 N–H and O–H groups in total. The van der Waals surface area contributed by atoms with Crippen molar-refractivity contribution in [1.82, 2.24) is 14.7 Å². The van der Waals surface area contributed by atoms with E-state index in [4.69, 9.17) is 9.84 Å². The molecule has 11 rings (SSSR count). The van der Waals surface area contributed by atoms with Crippen molar-refractivity contribution in [2.24, 2.45) is 17.8 Å². The van der Waals surface area contributed by atoms with Crippen molar-refractivity contribution in [3.63, 3.8) is 0 Å². The van der Waals surface area contributed by atoms with Crippen LogP contribution in [0.1, 0.15) is 120 Å². The van der Waals surface area contributed by atoms with E-state index in [9.17, 15) is 24.9 Å². The molecule has 1 saturated heterocycles. The van der Waals surface area contributed by atoms with Gasteiger partial charge in [0.25, 0.3) is 0 Å². The average molecular weight is 1050 g/mol. The van der Waals surface area contributed by atoms with E-state index in [0.717, 1.165) is 74.5 Å². The number of para-hydroxylation sites is 2. The summed E-state index contributed by atoms with van der Waals surface area (Å²) in [5.74, 6) is 2.32. The Labute approximate surface area is 457 Å². The van der Waals surface area contributed by atoms with Crippen molar-refractivity contribution in [3.05, 3.63) is 137 Å². The summed E-state index contributed by atoms with van der Waals surface area (Å²) >= 11 is 1.87. The van der Waals surface area contributed by atoms with Gasteiger partial charge in [0.15, 0.2) is 23.4 Å².